The van der Waals surface area contributed by atoms with Crippen LogP contribution in [0.3, 0.4) is 0 Å². The average molecular weight is 453 g/mol. The second-order valence-electron chi connectivity index (χ2n) is 7.43. The van der Waals surface area contributed by atoms with Gasteiger partial charge in [-0.2, -0.15) is 5.10 Å². The number of thioether (sulfide) groups is 1. The maximum atomic E-state index is 14.7. The zero-order valence-electron chi connectivity index (χ0n) is 17.9. The van der Waals surface area contributed by atoms with E-state index >= 15 is 0 Å². The molecule has 0 radical (unpaired) electrons. The summed E-state index contributed by atoms with van der Waals surface area (Å²) >= 11 is 1.74. The highest BCUT2D eigenvalue weighted by Crippen LogP contribution is 2.27. The summed E-state index contributed by atoms with van der Waals surface area (Å²) in [6, 6.07) is 12.3. The Labute approximate surface area is 190 Å². The third kappa shape index (κ3) is 5.24. The molecule has 0 aliphatic carbocycles. The van der Waals surface area contributed by atoms with Crippen molar-refractivity contribution in [3.05, 3.63) is 66.4 Å². The van der Waals surface area contributed by atoms with Crippen molar-refractivity contribution in [2.45, 2.75) is 30.2 Å². The van der Waals surface area contributed by atoms with Gasteiger partial charge in [-0.1, -0.05) is 6.92 Å². The van der Waals surface area contributed by atoms with E-state index in [1.54, 1.807) is 42.4 Å². The van der Waals surface area contributed by atoms with Gasteiger partial charge in [-0.25, -0.2) is 19.0 Å². The fourth-order valence-corrected chi connectivity index (χ4v) is 4.17. The van der Waals surface area contributed by atoms with Gasteiger partial charge in [-0.3, -0.25) is 0 Å². The van der Waals surface area contributed by atoms with Crippen molar-refractivity contribution in [2.75, 3.05) is 18.9 Å². The van der Waals surface area contributed by atoms with E-state index in [1.807, 2.05) is 25.2 Å². The molecule has 4 rings (SSSR count). The van der Waals surface area contributed by atoms with Crippen LogP contribution in [-0.2, 0) is 6.61 Å². The number of aromatic nitrogens is 4. The van der Waals surface area contributed by atoms with Gasteiger partial charge in [0, 0.05) is 35.2 Å². The zero-order valence-corrected chi connectivity index (χ0v) is 18.7. The smallest absolute Gasteiger partial charge is 0.148 e. The highest BCUT2D eigenvalue weighted by molar-refractivity contribution is 7.99. The number of benzene rings is 1. The first-order valence-electron chi connectivity index (χ1n) is 10.4. The summed E-state index contributed by atoms with van der Waals surface area (Å²) < 4.78 is 16.2. The lowest BCUT2D eigenvalue weighted by atomic mass is 10.2. The highest BCUT2D eigenvalue weighted by Gasteiger charge is 2.10. The molecule has 0 spiro atoms. The van der Waals surface area contributed by atoms with Crippen LogP contribution in [0, 0.1) is 5.82 Å². The van der Waals surface area contributed by atoms with Crippen molar-refractivity contribution in [1.82, 2.24) is 25.1 Å². The van der Waals surface area contributed by atoms with E-state index < -0.39 is 5.82 Å². The fraction of sp³-hybridized carbons (Fsp3) is 0.261. The molecule has 1 unspecified atom stereocenters. The molecule has 0 bridgehead atoms. The summed E-state index contributed by atoms with van der Waals surface area (Å²) in [5, 5.41) is 21.9. The molecular formula is C23H25FN6OS. The predicted molar refractivity (Wildman–Crippen MR) is 126 cm³/mol. The van der Waals surface area contributed by atoms with Crippen molar-refractivity contribution in [3.63, 3.8) is 0 Å². The van der Waals surface area contributed by atoms with Crippen LogP contribution in [0.2, 0.25) is 0 Å². The molecule has 0 amide bonds. The van der Waals surface area contributed by atoms with Gasteiger partial charge < -0.3 is 15.7 Å². The van der Waals surface area contributed by atoms with Crippen molar-refractivity contribution in [3.8, 4) is 5.69 Å². The molecule has 4 aromatic rings. The number of nitrogens with one attached hydrogen (secondary N) is 2. The lowest BCUT2D eigenvalue weighted by Gasteiger charge is -2.11. The van der Waals surface area contributed by atoms with E-state index in [9.17, 15) is 4.39 Å². The van der Waals surface area contributed by atoms with Crippen LogP contribution in [0.4, 0.5) is 15.9 Å². The van der Waals surface area contributed by atoms with Crippen LogP contribution in [0.1, 0.15) is 19.0 Å². The van der Waals surface area contributed by atoms with Crippen molar-refractivity contribution in [1.29, 1.82) is 0 Å². The number of fused-ring (bicyclic) bond motifs is 1. The Morgan fingerprint density at radius 2 is 2.06 bits per heavy atom. The van der Waals surface area contributed by atoms with Crippen LogP contribution < -0.4 is 10.6 Å². The van der Waals surface area contributed by atoms with Gasteiger partial charge in [-0.05, 0) is 50.3 Å². The molecule has 3 heterocycles. The topological polar surface area (TPSA) is 87.9 Å². The van der Waals surface area contributed by atoms with Gasteiger partial charge in [0.25, 0.3) is 0 Å². The quantitative estimate of drug-likeness (QED) is 0.327. The Hall–Kier alpha value is -3.01. The number of hydrogen-bond acceptors (Lipinski definition) is 7. The summed E-state index contributed by atoms with van der Waals surface area (Å²) in [5.41, 5.74) is 2.20. The molecule has 3 N–H and O–H groups in total. The molecule has 166 valence electrons. The van der Waals surface area contributed by atoms with Crippen molar-refractivity contribution >= 4 is 34.2 Å². The molecule has 7 nitrogen and oxygen atoms in total. The van der Waals surface area contributed by atoms with Crippen molar-refractivity contribution in [2.24, 2.45) is 0 Å². The molecule has 1 atom stereocenters. The summed E-state index contributed by atoms with van der Waals surface area (Å²) in [6.45, 7) is 2.99. The van der Waals surface area contributed by atoms with E-state index in [-0.39, 0.29) is 6.61 Å². The number of aliphatic hydroxyl groups excluding tert-OH is 1. The van der Waals surface area contributed by atoms with Crippen LogP contribution in [-0.4, -0.2) is 43.7 Å². The van der Waals surface area contributed by atoms with E-state index in [0.29, 0.717) is 28.1 Å². The van der Waals surface area contributed by atoms with Crippen molar-refractivity contribution < 1.29 is 9.50 Å². The second kappa shape index (κ2) is 10.1. The molecule has 9 heteroatoms. The average Bonchev–Trinajstić information content (AvgIpc) is 3.28. The van der Waals surface area contributed by atoms with Gasteiger partial charge >= 0.3 is 0 Å². The van der Waals surface area contributed by atoms with E-state index in [1.165, 1.54) is 10.7 Å². The number of hydrogen-bond donors (Lipinski definition) is 3. The van der Waals surface area contributed by atoms with Gasteiger partial charge in [0.05, 0.1) is 34.2 Å². The first kappa shape index (κ1) is 22.2. The molecular weight excluding hydrogens is 427 g/mol. The van der Waals surface area contributed by atoms with E-state index in [0.717, 1.165) is 28.9 Å². The maximum absolute atomic E-state index is 14.7. The molecule has 0 saturated carbocycles. The number of pyridine rings is 2. The second-order valence-corrected chi connectivity index (χ2v) is 8.89. The molecule has 3 aromatic heterocycles. The summed E-state index contributed by atoms with van der Waals surface area (Å²) in [7, 11) is 1.95. The summed E-state index contributed by atoms with van der Waals surface area (Å²) in [4.78, 5) is 9.14. The number of halogens is 1. The Balaban J connectivity index is 1.52. The summed E-state index contributed by atoms with van der Waals surface area (Å²) in [6.07, 6.45) is 4.47. The first-order chi connectivity index (χ1) is 15.6. The third-order valence-corrected chi connectivity index (χ3v) is 6.06. The minimum Gasteiger partial charge on any atom is -0.390 e. The van der Waals surface area contributed by atoms with E-state index in [4.69, 9.17) is 10.1 Å². The number of rotatable bonds is 9. The standard InChI is InChI=1S/C23H25FN6OS/c1-15(7-9-25-2)32-23-6-3-16-13-26-22(12-21(16)28-23)27-20-5-4-18(11-19(20)24)30-10-8-17(14-31)29-30/h3-6,8,10-13,15,25,31H,7,9,14H2,1-2H3,(H,26,27). The van der Waals surface area contributed by atoms with Gasteiger partial charge in [0.2, 0.25) is 0 Å². The van der Waals surface area contributed by atoms with Crippen LogP contribution in [0.25, 0.3) is 16.6 Å². The lowest BCUT2D eigenvalue weighted by Crippen LogP contribution is -2.12. The molecule has 0 aliphatic heterocycles. The minimum absolute atomic E-state index is 0.161. The first-order valence-corrected chi connectivity index (χ1v) is 11.2. The molecule has 0 aliphatic rings. The Morgan fingerprint density at radius 3 is 2.81 bits per heavy atom. The number of aliphatic hydroxyl groups is 1. The van der Waals surface area contributed by atoms with Gasteiger partial charge in [-0.15, -0.1) is 11.8 Å². The molecule has 0 fully saturated rings. The Kier molecular flexibility index (Phi) is 6.99. The SMILES string of the molecule is CNCCC(C)Sc1ccc2cnc(Nc3ccc(-n4ccc(CO)n4)cc3F)cc2n1. The normalized spacial score (nSPS) is 12.2. The zero-order chi connectivity index (χ0) is 22.5. The Morgan fingerprint density at radius 1 is 1.19 bits per heavy atom. The molecule has 1 aromatic carbocycles. The molecule has 32 heavy (non-hydrogen) atoms. The Bertz CT molecular complexity index is 1210. The fourth-order valence-electron chi connectivity index (χ4n) is 3.22. The number of nitrogens with zero attached hydrogens (tertiary/aromatic N) is 4. The summed E-state index contributed by atoms with van der Waals surface area (Å²) in [5.74, 6) is 0.0877. The van der Waals surface area contributed by atoms with Crippen LogP contribution in [0.15, 0.2) is 59.9 Å². The monoisotopic (exact) mass is 452 g/mol. The molecule has 0 saturated heterocycles. The van der Waals surface area contributed by atoms with Crippen LogP contribution in [0.5, 0.6) is 0 Å². The lowest BCUT2D eigenvalue weighted by molar-refractivity contribution is 0.276. The third-order valence-electron chi connectivity index (χ3n) is 4.96. The minimum atomic E-state index is -0.430. The highest BCUT2D eigenvalue weighted by atomic mass is 32.2. The predicted octanol–water partition coefficient (Wildman–Crippen LogP) is 4.28. The van der Waals surface area contributed by atoms with E-state index in [2.05, 4.69) is 27.6 Å². The van der Waals surface area contributed by atoms with Gasteiger partial charge in [0.1, 0.15) is 11.6 Å². The number of anilines is 2. The van der Waals surface area contributed by atoms with Crippen LogP contribution >= 0.6 is 11.8 Å². The largest absolute Gasteiger partial charge is 0.390 e. The maximum Gasteiger partial charge on any atom is 0.148 e. The van der Waals surface area contributed by atoms with Gasteiger partial charge in [0.15, 0.2) is 0 Å².